The van der Waals surface area contributed by atoms with E-state index < -0.39 is 10.0 Å². The normalized spacial score (nSPS) is 11.6. The van der Waals surface area contributed by atoms with Crippen molar-refractivity contribution in [2.45, 2.75) is 39.1 Å². The maximum Gasteiger partial charge on any atom is 0.262 e. The van der Waals surface area contributed by atoms with Gasteiger partial charge < -0.3 is 0 Å². The molecule has 0 radical (unpaired) electrons. The van der Waals surface area contributed by atoms with Crippen LogP contribution in [0, 0.1) is 33.5 Å². The highest BCUT2D eigenvalue weighted by atomic mass is 32.2. The average Bonchev–Trinajstić information content (AvgIpc) is 2.84. The summed E-state index contributed by atoms with van der Waals surface area (Å²) >= 11 is 0. The number of aromatic nitrogens is 2. The lowest BCUT2D eigenvalue weighted by atomic mass is 10.2. The predicted molar refractivity (Wildman–Crippen MR) is 104 cm³/mol. The second-order valence-corrected chi connectivity index (χ2v) is 8.36. The van der Waals surface area contributed by atoms with Gasteiger partial charge >= 0.3 is 0 Å². The van der Waals surface area contributed by atoms with Gasteiger partial charge in [0.1, 0.15) is 5.82 Å². The molecular weight excluding hydrogens is 365 g/mol. The SMILES string of the molecule is Cc1ccc(S(=O)(=O)Nc2c(C)nn(Cc3ccc(F)cc3)c2C)c(C)c1. The quantitative estimate of drug-likeness (QED) is 0.717. The minimum Gasteiger partial charge on any atom is -0.276 e. The van der Waals surface area contributed by atoms with Crippen LogP contribution in [0.15, 0.2) is 47.4 Å². The number of hydrogen-bond donors (Lipinski definition) is 1. The fraction of sp³-hybridized carbons (Fsp3) is 0.250. The van der Waals surface area contributed by atoms with E-state index in [0.29, 0.717) is 29.2 Å². The fourth-order valence-electron chi connectivity index (χ4n) is 3.05. The Balaban J connectivity index is 1.91. The molecule has 5 nitrogen and oxygen atoms in total. The summed E-state index contributed by atoms with van der Waals surface area (Å²) in [5.41, 5.74) is 4.33. The molecule has 2 aromatic carbocycles. The van der Waals surface area contributed by atoms with Crippen LogP contribution in [0.3, 0.4) is 0 Å². The number of halogens is 1. The number of benzene rings is 2. The summed E-state index contributed by atoms with van der Waals surface area (Å²) in [5.74, 6) is -0.297. The van der Waals surface area contributed by atoms with Gasteiger partial charge in [-0.25, -0.2) is 12.8 Å². The summed E-state index contributed by atoms with van der Waals surface area (Å²) in [6.07, 6.45) is 0. The van der Waals surface area contributed by atoms with Crippen LogP contribution in [-0.4, -0.2) is 18.2 Å². The van der Waals surface area contributed by atoms with E-state index in [1.54, 1.807) is 42.8 Å². The zero-order valence-electron chi connectivity index (χ0n) is 15.7. The molecule has 0 saturated carbocycles. The molecule has 7 heteroatoms. The first kappa shape index (κ1) is 19.1. The first-order valence-corrected chi connectivity index (χ1v) is 10.0. The standard InChI is InChI=1S/C20H22FN3O2S/c1-13-5-10-19(14(2)11-13)27(25,26)23-20-15(3)22-24(16(20)4)12-17-6-8-18(21)9-7-17/h5-11,23H,12H2,1-4H3. The van der Waals surface area contributed by atoms with E-state index in [1.807, 2.05) is 19.9 Å². The zero-order valence-corrected chi connectivity index (χ0v) is 16.6. The Morgan fingerprint density at radius 2 is 1.70 bits per heavy atom. The third-order valence-corrected chi connectivity index (χ3v) is 5.99. The molecule has 0 bridgehead atoms. The highest BCUT2D eigenvalue weighted by Gasteiger charge is 2.21. The van der Waals surface area contributed by atoms with Gasteiger partial charge in [0.2, 0.25) is 0 Å². The van der Waals surface area contributed by atoms with Crippen molar-refractivity contribution in [2.75, 3.05) is 4.72 Å². The van der Waals surface area contributed by atoms with Crippen molar-refractivity contribution in [2.24, 2.45) is 0 Å². The first-order chi connectivity index (χ1) is 12.7. The molecule has 0 unspecified atom stereocenters. The Kier molecular flexibility index (Phi) is 5.06. The predicted octanol–water partition coefficient (Wildman–Crippen LogP) is 4.10. The van der Waals surface area contributed by atoms with Gasteiger partial charge in [-0.05, 0) is 57.0 Å². The minimum absolute atomic E-state index is 0.248. The van der Waals surface area contributed by atoms with Gasteiger partial charge in [-0.2, -0.15) is 5.10 Å². The summed E-state index contributed by atoms with van der Waals surface area (Å²) < 4.78 is 43.2. The molecule has 1 aromatic heterocycles. The van der Waals surface area contributed by atoms with Crippen molar-refractivity contribution in [1.82, 2.24) is 9.78 Å². The van der Waals surface area contributed by atoms with E-state index in [-0.39, 0.29) is 10.7 Å². The largest absolute Gasteiger partial charge is 0.276 e. The molecular formula is C20H22FN3O2S. The molecule has 0 atom stereocenters. The van der Waals surface area contributed by atoms with Crippen molar-refractivity contribution in [3.63, 3.8) is 0 Å². The van der Waals surface area contributed by atoms with Crippen molar-refractivity contribution in [3.05, 3.63) is 76.4 Å². The minimum atomic E-state index is -3.72. The van der Waals surface area contributed by atoms with Gasteiger partial charge in [0.05, 0.1) is 28.5 Å². The molecule has 142 valence electrons. The Morgan fingerprint density at radius 1 is 1.04 bits per heavy atom. The number of aryl methyl sites for hydroxylation is 3. The summed E-state index contributed by atoms with van der Waals surface area (Å²) in [6.45, 7) is 7.69. The van der Waals surface area contributed by atoms with Crippen LogP contribution in [0.25, 0.3) is 0 Å². The molecule has 0 aliphatic rings. The number of nitrogens with one attached hydrogen (secondary N) is 1. The van der Waals surface area contributed by atoms with E-state index in [2.05, 4.69) is 9.82 Å². The van der Waals surface area contributed by atoms with E-state index in [1.165, 1.54) is 12.1 Å². The lowest BCUT2D eigenvalue weighted by Crippen LogP contribution is -2.15. The Hall–Kier alpha value is -2.67. The second kappa shape index (κ2) is 7.15. The molecule has 27 heavy (non-hydrogen) atoms. The van der Waals surface area contributed by atoms with Gasteiger partial charge in [-0.15, -0.1) is 0 Å². The molecule has 1 N–H and O–H groups in total. The lowest BCUT2D eigenvalue weighted by molar-refractivity contribution is 0.600. The van der Waals surface area contributed by atoms with Gasteiger partial charge in [-0.3, -0.25) is 9.40 Å². The van der Waals surface area contributed by atoms with Crippen LogP contribution in [-0.2, 0) is 16.6 Å². The second-order valence-electron chi connectivity index (χ2n) is 6.70. The summed E-state index contributed by atoms with van der Waals surface area (Å²) in [7, 11) is -3.72. The molecule has 0 fully saturated rings. The third kappa shape index (κ3) is 4.03. The summed E-state index contributed by atoms with van der Waals surface area (Å²) in [6, 6.07) is 11.4. The fourth-order valence-corrected chi connectivity index (χ4v) is 4.46. The van der Waals surface area contributed by atoms with Gasteiger partial charge in [0, 0.05) is 0 Å². The van der Waals surface area contributed by atoms with Crippen molar-refractivity contribution in [3.8, 4) is 0 Å². The van der Waals surface area contributed by atoms with Crippen LogP contribution in [0.1, 0.15) is 28.1 Å². The topological polar surface area (TPSA) is 64.0 Å². The lowest BCUT2D eigenvalue weighted by Gasteiger charge is -2.11. The first-order valence-electron chi connectivity index (χ1n) is 8.56. The highest BCUT2D eigenvalue weighted by molar-refractivity contribution is 7.92. The van der Waals surface area contributed by atoms with E-state index in [9.17, 15) is 12.8 Å². The van der Waals surface area contributed by atoms with Crippen molar-refractivity contribution >= 4 is 15.7 Å². The number of rotatable bonds is 5. The van der Waals surface area contributed by atoms with E-state index >= 15 is 0 Å². The molecule has 0 spiro atoms. The van der Waals surface area contributed by atoms with Crippen molar-refractivity contribution in [1.29, 1.82) is 0 Å². The molecule has 0 saturated heterocycles. The van der Waals surface area contributed by atoms with Crippen LogP contribution < -0.4 is 4.72 Å². The number of hydrogen-bond acceptors (Lipinski definition) is 3. The zero-order chi connectivity index (χ0) is 19.8. The van der Waals surface area contributed by atoms with E-state index in [4.69, 9.17) is 0 Å². The van der Waals surface area contributed by atoms with Gasteiger partial charge in [0.25, 0.3) is 10.0 Å². The Labute approximate surface area is 158 Å². The highest BCUT2D eigenvalue weighted by Crippen LogP contribution is 2.25. The summed E-state index contributed by atoms with van der Waals surface area (Å²) in [5, 5.41) is 4.44. The van der Waals surface area contributed by atoms with Crippen molar-refractivity contribution < 1.29 is 12.8 Å². The third-order valence-electron chi connectivity index (χ3n) is 4.48. The molecule has 0 aliphatic carbocycles. The smallest absolute Gasteiger partial charge is 0.262 e. The monoisotopic (exact) mass is 387 g/mol. The average molecular weight is 387 g/mol. The number of nitrogens with zero attached hydrogens (tertiary/aromatic N) is 2. The summed E-state index contributed by atoms with van der Waals surface area (Å²) in [4.78, 5) is 0.248. The van der Waals surface area contributed by atoms with Crippen LogP contribution >= 0.6 is 0 Å². The molecule has 3 aromatic rings. The van der Waals surface area contributed by atoms with Crippen LogP contribution in [0.2, 0.25) is 0 Å². The van der Waals surface area contributed by atoms with Crippen LogP contribution in [0.4, 0.5) is 10.1 Å². The molecule has 0 aliphatic heterocycles. The van der Waals surface area contributed by atoms with Crippen LogP contribution in [0.5, 0.6) is 0 Å². The maximum atomic E-state index is 13.1. The number of sulfonamides is 1. The van der Waals surface area contributed by atoms with Gasteiger partial charge in [-0.1, -0.05) is 29.8 Å². The number of anilines is 1. The molecule has 0 amide bonds. The maximum absolute atomic E-state index is 13.1. The molecule has 3 rings (SSSR count). The Bertz CT molecular complexity index is 1090. The van der Waals surface area contributed by atoms with Gasteiger partial charge in [0.15, 0.2) is 0 Å². The Morgan fingerprint density at radius 3 is 2.33 bits per heavy atom. The molecule has 1 heterocycles. The van der Waals surface area contributed by atoms with E-state index in [0.717, 1.165) is 11.1 Å².